The lowest BCUT2D eigenvalue weighted by Crippen LogP contribution is -2.34. The molecule has 0 aliphatic rings. The Morgan fingerprint density at radius 1 is 1.29 bits per heavy atom. The fourth-order valence-electron chi connectivity index (χ4n) is 1.19. The van der Waals surface area contributed by atoms with Crippen molar-refractivity contribution < 1.29 is 9.90 Å². The highest BCUT2D eigenvalue weighted by molar-refractivity contribution is 6.44. The molecule has 0 radical (unpaired) electrons. The molecule has 3 N–H and O–H groups in total. The van der Waals surface area contributed by atoms with Gasteiger partial charge in [0.05, 0.1) is 15.1 Å². The van der Waals surface area contributed by atoms with Crippen LogP contribution >= 0.6 is 34.8 Å². The summed E-state index contributed by atoms with van der Waals surface area (Å²) in [4.78, 5) is 11.2. The van der Waals surface area contributed by atoms with Crippen molar-refractivity contribution in [1.29, 1.82) is 0 Å². The molecule has 0 heterocycles. The highest BCUT2D eigenvalue weighted by Gasteiger charge is 2.15. The number of phenols is 1. The molecule has 17 heavy (non-hydrogen) atoms. The van der Waals surface area contributed by atoms with Crippen molar-refractivity contribution in [2.24, 2.45) is 0 Å². The average Bonchev–Trinajstić information content (AvgIpc) is 2.27. The Kier molecular flexibility index (Phi) is 5.18. The predicted molar refractivity (Wildman–Crippen MR) is 69.0 cm³/mol. The number of benzene rings is 1. The van der Waals surface area contributed by atoms with Gasteiger partial charge in [0.15, 0.2) is 0 Å². The molecule has 94 valence electrons. The van der Waals surface area contributed by atoms with E-state index in [1.165, 1.54) is 6.07 Å². The molecule has 1 aromatic carbocycles. The maximum atomic E-state index is 11.2. The van der Waals surface area contributed by atoms with Crippen molar-refractivity contribution in [1.82, 2.24) is 10.6 Å². The highest BCUT2D eigenvalue weighted by atomic mass is 35.5. The van der Waals surface area contributed by atoms with Gasteiger partial charge in [0.2, 0.25) is 0 Å². The number of carbonyl (C=O) groups is 1. The highest BCUT2D eigenvalue weighted by Crippen LogP contribution is 2.38. The van der Waals surface area contributed by atoms with Gasteiger partial charge in [0, 0.05) is 18.7 Å². The van der Waals surface area contributed by atoms with Gasteiger partial charge in [-0.05, 0) is 13.0 Å². The molecule has 0 unspecified atom stereocenters. The van der Waals surface area contributed by atoms with Crippen LogP contribution in [0.5, 0.6) is 5.75 Å². The zero-order valence-corrected chi connectivity index (χ0v) is 11.2. The second-order valence-corrected chi connectivity index (χ2v) is 4.39. The minimum atomic E-state index is -0.362. The van der Waals surface area contributed by atoms with Crippen LogP contribution in [0.15, 0.2) is 6.07 Å². The zero-order chi connectivity index (χ0) is 13.0. The van der Waals surface area contributed by atoms with Crippen LogP contribution in [-0.4, -0.2) is 17.7 Å². The van der Waals surface area contributed by atoms with Crippen LogP contribution in [0, 0.1) is 0 Å². The molecular weight excluding hydrogens is 286 g/mol. The van der Waals surface area contributed by atoms with Crippen LogP contribution in [-0.2, 0) is 6.54 Å². The number of phenolic OH excluding ortho intramolecular Hbond substituents is 1. The summed E-state index contributed by atoms with van der Waals surface area (Å²) < 4.78 is 0. The third-order valence-corrected chi connectivity index (χ3v) is 3.12. The van der Waals surface area contributed by atoms with E-state index < -0.39 is 0 Å². The minimum Gasteiger partial charge on any atom is -0.506 e. The predicted octanol–water partition coefficient (Wildman–Crippen LogP) is 3.17. The summed E-state index contributed by atoms with van der Waals surface area (Å²) in [6.07, 6.45) is 0. The number of hydrogen-bond acceptors (Lipinski definition) is 2. The first-order valence-corrected chi connectivity index (χ1v) is 5.97. The van der Waals surface area contributed by atoms with Crippen LogP contribution in [0.3, 0.4) is 0 Å². The summed E-state index contributed by atoms with van der Waals surface area (Å²) >= 11 is 17.5. The van der Waals surface area contributed by atoms with E-state index >= 15 is 0 Å². The van der Waals surface area contributed by atoms with Crippen molar-refractivity contribution in [3.8, 4) is 5.75 Å². The lowest BCUT2D eigenvalue weighted by atomic mass is 10.2. The van der Waals surface area contributed by atoms with Gasteiger partial charge in [-0.3, -0.25) is 0 Å². The molecule has 4 nitrogen and oxygen atoms in total. The third kappa shape index (κ3) is 3.56. The fourth-order valence-corrected chi connectivity index (χ4v) is 1.90. The smallest absolute Gasteiger partial charge is 0.315 e. The Balaban J connectivity index is 2.87. The van der Waals surface area contributed by atoms with Gasteiger partial charge in [-0.25, -0.2) is 4.79 Å². The van der Waals surface area contributed by atoms with Crippen molar-refractivity contribution in [3.05, 3.63) is 26.7 Å². The van der Waals surface area contributed by atoms with E-state index in [1.807, 2.05) is 0 Å². The number of rotatable bonds is 3. The summed E-state index contributed by atoms with van der Waals surface area (Å²) in [6.45, 7) is 2.33. The van der Waals surface area contributed by atoms with Crippen LogP contribution < -0.4 is 10.6 Å². The number of nitrogens with one attached hydrogen (secondary N) is 2. The van der Waals surface area contributed by atoms with Crippen molar-refractivity contribution in [3.63, 3.8) is 0 Å². The van der Waals surface area contributed by atoms with Gasteiger partial charge >= 0.3 is 6.03 Å². The Morgan fingerprint density at radius 3 is 2.53 bits per heavy atom. The molecule has 0 saturated carbocycles. The lowest BCUT2D eigenvalue weighted by molar-refractivity contribution is 0.241. The Labute approximate surface area is 114 Å². The number of urea groups is 1. The third-order valence-electron chi connectivity index (χ3n) is 2.00. The molecule has 0 fully saturated rings. The molecule has 0 aliphatic heterocycles. The van der Waals surface area contributed by atoms with Crippen molar-refractivity contribution in [2.45, 2.75) is 13.5 Å². The summed E-state index contributed by atoms with van der Waals surface area (Å²) in [7, 11) is 0. The first kappa shape index (κ1) is 14.2. The monoisotopic (exact) mass is 296 g/mol. The first-order chi connectivity index (χ1) is 7.97. The maximum Gasteiger partial charge on any atom is 0.315 e. The van der Waals surface area contributed by atoms with E-state index in [4.69, 9.17) is 34.8 Å². The first-order valence-electron chi connectivity index (χ1n) is 4.84. The minimum absolute atomic E-state index is 0.0385. The Bertz CT molecular complexity index is 412. The van der Waals surface area contributed by atoms with E-state index in [-0.39, 0.29) is 39.0 Å². The number of halogens is 3. The molecular formula is C10H11Cl3N2O2. The molecule has 0 saturated heterocycles. The molecule has 7 heteroatoms. The fraction of sp³-hybridized carbons (Fsp3) is 0.300. The van der Waals surface area contributed by atoms with Gasteiger partial charge < -0.3 is 15.7 Å². The SMILES string of the molecule is CCNC(=O)NCc1c(O)c(Cl)cc(Cl)c1Cl. The van der Waals surface area contributed by atoms with Gasteiger partial charge in [-0.1, -0.05) is 34.8 Å². The van der Waals surface area contributed by atoms with E-state index in [0.29, 0.717) is 6.54 Å². The van der Waals surface area contributed by atoms with Gasteiger partial charge in [0.1, 0.15) is 5.75 Å². The second kappa shape index (κ2) is 6.19. The zero-order valence-electron chi connectivity index (χ0n) is 8.98. The van der Waals surface area contributed by atoms with Gasteiger partial charge in [-0.15, -0.1) is 0 Å². The average molecular weight is 298 g/mol. The van der Waals surface area contributed by atoms with Crippen LogP contribution in [0.2, 0.25) is 15.1 Å². The molecule has 0 bridgehead atoms. The van der Waals surface area contributed by atoms with E-state index in [9.17, 15) is 9.90 Å². The van der Waals surface area contributed by atoms with Crippen LogP contribution in [0.25, 0.3) is 0 Å². The molecule has 2 amide bonds. The molecule has 1 aromatic rings. The molecule has 1 rings (SSSR count). The van der Waals surface area contributed by atoms with Crippen LogP contribution in [0.1, 0.15) is 12.5 Å². The van der Waals surface area contributed by atoms with Gasteiger partial charge in [0.25, 0.3) is 0 Å². The van der Waals surface area contributed by atoms with Gasteiger partial charge in [-0.2, -0.15) is 0 Å². The van der Waals surface area contributed by atoms with E-state index in [2.05, 4.69) is 10.6 Å². The molecule has 0 aliphatic carbocycles. The normalized spacial score (nSPS) is 10.1. The number of hydrogen-bond donors (Lipinski definition) is 3. The number of amides is 2. The summed E-state index contributed by atoms with van der Waals surface area (Å²) in [6, 6.07) is 0.982. The Hall–Kier alpha value is -0.840. The van der Waals surface area contributed by atoms with Crippen molar-refractivity contribution in [2.75, 3.05) is 6.54 Å². The van der Waals surface area contributed by atoms with Crippen molar-refractivity contribution >= 4 is 40.8 Å². The summed E-state index contributed by atoms with van der Waals surface area (Å²) in [5.41, 5.74) is 0.287. The van der Waals surface area contributed by atoms with E-state index in [0.717, 1.165) is 0 Å². The quantitative estimate of drug-likeness (QED) is 0.750. The number of carbonyl (C=O) groups excluding carboxylic acids is 1. The largest absolute Gasteiger partial charge is 0.506 e. The maximum absolute atomic E-state index is 11.2. The molecule has 0 spiro atoms. The summed E-state index contributed by atoms with van der Waals surface area (Å²) in [5, 5.41) is 15.3. The van der Waals surface area contributed by atoms with E-state index in [1.54, 1.807) is 6.92 Å². The Morgan fingerprint density at radius 2 is 1.94 bits per heavy atom. The topological polar surface area (TPSA) is 61.4 Å². The standard InChI is InChI=1S/C10H11Cl3N2O2/c1-2-14-10(17)15-4-5-8(13)6(11)3-7(12)9(5)16/h3,16H,2,4H2,1H3,(H2,14,15,17). The number of aromatic hydroxyl groups is 1. The lowest BCUT2D eigenvalue weighted by Gasteiger charge is -2.11. The molecule has 0 aromatic heterocycles. The summed E-state index contributed by atoms with van der Waals surface area (Å²) in [5.74, 6) is -0.183. The second-order valence-electron chi connectivity index (χ2n) is 3.19. The van der Waals surface area contributed by atoms with Crippen LogP contribution in [0.4, 0.5) is 4.79 Å². The molecule has 0 atom stereocenters.